The average molecular weight is 546 g/mol. The summed E-state index contributed by atoms with van der Waals surface area (Å²) in [5.41, 5.74) is -3.86. The molecule has 0 bridgehead atoms. The third kappa shape index (κ3) is 7.11. The zero-order valence-corrected chi connectivity index (χ0v) is 21.1. The minimum absolute atomic E-state index is 0.0203. The van der Waals surface area contributed by atoms with E-state index in [4.69, 9.17) is 9.47 Å². The van der Waals surface area contributed by atoms with Crippen LogP contribution in [-0.2, 0) is 20.0 Å². The molecular formula is C22H32BrN3O8. The molecule has 11 nitrogen and oxygen atoms in total. The number of H-pyrrole nitrogens is 1. The van der Waals surface area contributed by atoms with E-state index in [0.717, 1.165) is 4.57 Å². The van der Waals surface area contributed by atoms with Gasteiger partial charge in [0, 0.05) is 25.6 Å². The van der Waals surface area contributed by atoms with Crippen molar-refractivity contribution in [1.82, 2.24) is 14.9 Å². The van der Waals surface area contributed by atoms with E-state index < -0.39 is 53.3 Å². The molecule has 0 aliphatic carbocycles. The quantitative estimate of drug-likeness (QED) is 0.320. The Balaban J connectivity index is 2.11. The summed E-state index contributed by atoms with van der Waals surface area (Å²) < 4.78 is 11.9. The molecule has 1 aromatic heterocycles. The van der Waals surface area contributed by atoms with Crippen molar-refractivity contribution in [1.29, 1.82) is 0 Å². The number of nitrogens with zero attached hydrogens (tertiary/aromatic N) is 1. The van der Waals surface area contributed by atoms with Crippen LogP contribution < -0.4 is 16.6 Å². The van der Waals surface area contributed by atoms with Gasteiger partial charge in [0.1, 0.15) is 11.7 Å². The molecule has 190 valence electrons. The summed E-state index contributed by atoms with van der Waals surface area (Å²) in [7, 11) is 0. The minimum atomic E-state index is -1.86. The standard InChI is InChI=1S/C22H32BrN3O8/c1-21(2,3)34-20(32)24-10-6-4-5-7-17(29)22(11-15(28)16(13-27)33-22)26-12-14(8-9-23)18(30)25-19(26)31/h8-9,12,15-16,27-28H,4-7,10-11,13H2,1-3H3,(H,24,32)(H,25,30,31)/b9-8+/t15-,16+,22-/m0/s1. The number of rotatable bonds is 10. The van der Waals surface area contributed by atoms with Gasteiger partial charge >= 0.3 is 11.8 Å². The van der Waals surface area contributed by atoms with Crippen LogP contribution in [0.5, 0.6) is 0 Å². The topological polar surface area (TPSA) is 160 Å². The molecule has 1 fully saturated rings. The van der Waals surface area contributed by atoms with E-state index in [2.05, 4.69) is 26.2 Å². The fourth-order valence-corrected chi connectivity index (χ4v) is 3.93. The number of aliphatic hydroxyl groups excluding tert-OH is 2. The number of halogens is 1. The third-order valence-electron chi connectivity index (χ3n) is 5.23. The number of aliphatic hydroxyl groups is 2. The Morgan fingerprint density at radius 3 is 2.65 bits per heavy atom. The maximum Gasteiger partial charge on any atom is 0.407 e. The smallest absolute Gasteiger partial charge is 0.407 e. The number of nitrogens with one attached hydrogen (secondary N) is 2. The molecule has 0 spiro atoms. The number of aromatic nitrogens is 2. The lowest BCUT2D eigenvalue weighted by atomic mass is 9.97. The van der Waals surface area contributed by atoms with Crippen molar-refractivity contribution in [3.63, 3.8) is 0 Å². The van der Waals surface area contributed by atoms with Crippen molar-refractivity contribution >= 4 is 33.9 Å². The largest absolute Gasteiger partial charge is 0.444 e. The van der Waals surface area contributed by atoms with Crippen molar-refractivity contribution in [2.24, 2.45) is 0 Å². The van der Waals surface area contributed by atoms with E-state index in [1.54, 1.807) is 20.8 Å². The molecule has 0 unspecified atom stereocenters. The van der Waals surface area contributed by atoms with Gasteiger partial charge in [-0.05, 0) is 44.7 Å². The SMILES string of the molecule is CC(C)(C)OC(=O)NCCCCCC(=O)[C@]1(n2cc(/C=C/Br)c(=O)[nH]c2=O)C[C@H](O)[C@@H](CO)O1. The first-order valence-corrected chi connectivity index (χ1v) is 11.9. The molecule has 1 amide bonds. The fraction of sp³-hybridized carbons (Fsp3) is 0.636. The molecule has 1 aliphatic heterocycles. The Bertz CT molecular complexity index is 1010. The second kappa shape index (κ2) is 11.9. The van der Waals surface area contributed by atoms with Crippen molar-refractivity contribution in [2.45, 2.75) is 76.4 Å². The van der Waals surface area contributed by atoms with Gasteiger partial charge < -0.3 is 25.0 Å². The predicted octanol–water partition coefficient (Wildman–Crippen LogP) is 1.35. The maximum atomic E-state index is 13.3. The highest BCUT2D eigenvalue weighted by Crippen LogP contribution is 2.36. The first kappa shape index (κ1) is 28.0. The van der Waals surface area contributed by atoms with Crippen LogP contribution in [0.25, 0.3) is 6.08 Å². The fourth-order valence-electron chi connectivity index (χ4n) is 3.65. The highest BCUT2D eigenvalue weighted by atomic mass is 79.9. The van der Waals surface area contributed by atoms with E-state index in [0.29, 0.717) is 25.8 Å². The number of ether oxygens (including phenoxy) is 2. The van der Waals surface area contributed by atoms with E-state index >= 15 is 0 Å². The second-order valence-corrected chi connectivity index (χ2v) is 9.59. The van der Waals surface area contributed by atoms with Crippen LogP contribution in [0.3, 0.4) is 0 Å². The minimum Gasteiger partial charge on any atom is -0.444 e. The van der Waals surface area contributed by atoms with Crippen molar-refractivity contribution in [3.05, 3.63) is 37.6 Å². The number of aromatic amines is 1. The summed E-state index contributed by atoms with van der Waals surface area (Å²) in [4.78, 5) is 53.2. The predicted molar refractivity (Wildman–Crippen MR) is 128 cm³/mol. The van der Waals surface area contributed by atoms with Gasteiger partial charge in [0.15, 0.2) is 5.78 Å². The molecule has 2 rings (SSSR count). The number of hydrogen-bond acceptors (Lipinski definition) is 8. The number of carbonyl (C=O) groups is 2. The molecule has 1 saturated heterocycles. The zero-order valence-electron chi connectivity index (χ0n) is 19.5. The Kier molecular flexibility index (Phi) is 9.80. The van der Waals surface area contributed by atoms with Gasteiger partial charge in [-0.2, -0.15) is 0 Å². The van der Waals surface area contributed by atoms with Gasteiger partial charge in [-0.25, -0.2) is 9.59 Å². The Labute approximate surface area is 205 Å². The first-order valence-electron chi connectivity index (χ1n) is 11.0. The number of unbranched alkanes of at least 4 members (excludes halogenated alkanes) is 2. The normalized spacial score (nSPS) is 22.8. The van der Waals surface area contributed by atoms with Crippen LogP contribution in [0.15, 0.2) is 20.8 Å². The highest BCUT2D eigenvalue weighted by molar-refractivity contribution is 9.11. The molecule has 12 heteroatoms. The monoisotopic (exact) mass is 545 g/mol. The number of Topliss-reactive ketones (excluding diaryl/α,β-unsaturated/α-hetero) is 1. The summed E-state index contributed by atoms with van der Waals surface area (Å²) in [5, 5.41) is 22.5. The van der Waals surface area contributed by atoms with Crippen LogP contribution >= 0.6 is 15.9 Å². The summed E-state index contributed by atoms with van der Waals surface area (Å²) in [6.45, 7) is 5.13. The lowest BCUT2D eigenvalue weighted by Crippen LogP contribution is -2.50. The molecule has 4 N–H and O–H groups in total. The number of amides is 1. The summed E-state index contributed by atoms with van der Waals surface area (Å²) in [6, 6.07) is 0. The summed E-state index contributed by atoms with van der Waals surface area (Å²) in [5.74, 6) is -0.467. The second-order valence-electron chi connectivity index (χ2n) is 9.06. The van der Waals surface area contributed by atoms with Gasteiger partial charge in [0.25, 0.3) is 5.56 Å². The van der Waals surface area contributed by atoms with Gasteiger partial charge in [0.05, 0.1) is 18.3 Å². The van der Waals surface area contributed by atoms with Crippen molar-refractivity contribution in [2.75, 3.05) is 13.2 Å². The lowest BCUT2D eigenvalue weighted by molar-refractivity contribution is -0.162. The Morgan fingerprint density at radius 2 is 2.06 bits per heavy atom. The van der Waals surface area contributed by atoms with E-state index in [1.165, 1.54) is 17.3 Å². The molecule has 1 aromatic rings. The van der Waals surface area contributed by atoms with E-state index in [-0.39, 0.29) is 18.4 Å². The molecule has 0 aromatic carbocycles. The number of ketones is 1. The highest BCUT2D eigenvalue weighted by Gasteiger charge is 2.52. The Hall–Kier alpha value is -2.28. The molecule has 3 atom stereocenters. The van der Waals surface area contributed by atoms with Gasteiger partial charge in [0.2, 0.25) is 5.72 Å². The van der Waals surface area contributed by atoms with Gasteiger partial charge in [-0.3, -0.25) is 19.1 Å². The van der Waals surface area contributed by atoms with Gasteiger partial charge in [-0.15, -0.1) is 0 Å². The van der Waals surface area contributed by atoms with Crippen molar-refractivity contribution < 1.29 is 29.3 Å². The van der Waals surface area contributed by atoms with Crippen LogP contribution in [-0.4, -0.2) is 62.6 Å². The van der Waals surface area contributed by atoms with Gasteiger partial charge in [-0.1, -0.05) is 22.4 Å². The number of carbonyl (C=O) groups excluding carboxylic acids is 2. The maximum absolute atomic E-state index is 13.3. The molecule has 2 heterocycles. The van der Waals surface area contributed by atoms with E-state index in [1.807, 2.05) is 0 Å². The van der Waals surface area contributed by atoms with Crippen molar-refractivity contribution in [3.8, 4) is 0 Å². The first-order chi connectivity index (χ1) is 15.9. The zero-order chi connectivity index (χ0) is 25.5. The van der Waals surface area contributed by atoms with Crippen LogP contribution in [0.2, 0.25) is 0 Å². The molecule has 0 radical (unpaired) electrons. The summed E-state index contributed by atoms with van der Waals surface area (Å²) in [6.07, 6.45) is 1.25. The third-order valence-corrected chi connectivity index (χ3v) is 5.49. The number of alkyl carbamates (subject to hydrolysis) is 1. The molecule has 34 heavy (non-hydrogen) atoms. The Morgan fingerprint density at radius 1 is 1.35 bits per heavy atom. The molecule has 1 aliphatic rings. The van der Waals surface area contributed by atoms with Crippen LogP contribution in [0.4, 0.5) is 4.79 Å². The van der Waals surface area contributed by atoms with E-state index in [9.17, 15) is 29.4 Å². The van der Waals surface area contributed by atoms with Crippen LogP contribution in [0, 0.1) is 0 Å². The lowest BCUT2D eigenvalue weighted by Gasteiger charge is -2.29. The summed E-state index contributed by atoms with van der Waals surface area (Å²) >= 11 is 3.07. The molecular weight excluding hydrogens is 514 g/mol. The average Bonchev–Trinajstić information content (AvgIpc) is 3.08. The molecule has 0 saturated carbocycles. The number of hydrogen-bond donors (Lipinski definition) is 4. The van der Waals surface area contributed by atoms with Crippen LogP contribution in [0.1, 0.15) is 58.4 Å².